The van der Waals surface area contributed by atoms with Crippen molar-refractivity contribution in [2.45, 2.75) is 26.2 Å². The summed E-state index contributed by atoms with van der Waals surface area (Å²) < 4.78 is 13.7. The van der Waals surface area contributed by atoms with E-state index < -0.39 is 0 Å². The topological polar surface area (TPSA) is 26.0 Å². The molecule has 0 fully saturated rings. The predicted molar refractivity (Wildman–Crippen MR) is 77.8 cm³/mol. The Balaban J connectivity index is 2.28. The second-order valence-electron chi connectivity index (χ2n) is 5.09. The maximum absolute atomic E-state index is 13.7. The molecule has 2 aromatic rings. The van der Waals surface area contributed by atoms with Crippen LogP contribution in [-0.2, 0) is 6.42 Å². The molecule has 0 heterocycles. The summed E-state index contributed by atoms with van der Waals surface area (Å²) in [5, 5.41) is 0. The molecule has 0 aliphatic carbocycles. The highest BCUT2D eigenvalue weighted by molar-refractivity contribution is 5.34. The van der Waals surface area contributed by atoms with Crippen LogP contribution in [0.1, 0.15) is 28.2 Å². The van der Waals surface area contributed by atoms with Crippen molar-refractivity contribution in [1.29, 1.82) is 0 Å². The fourth-order valence-electron chi connectivity index (χ4n) is 2.53. The Morgan fingerprint density at radius 1 is 1.11 bits per heavy atom. The first-order valence-corrected chi connectivity index (χ1v) is 6.62. The SMILES string of the molecule is Cc1ccc(C(CN)Cc2ccccc2F)c(C)c1. The van der Waals surface area contributed by atoms with E-state index in [-0.39, 0.29) is 11.7 Å². The Bertz CT molecular complexity index is 563. The molecule has 0 aromatic heterocycles. The van der Waals surface area contributed by atoms with E-state index in [0.29, 0.717) is 13.0 Å². The highest BCUT2D eigenvalue weighted by Gasteiger charge is 2.14. The van der Waals surface area contributed by atoms with Crippen molar-refractivity contribution in [3.63, 3.8) is 0 Å². The van der Waals surface area contributed by atoms with Crippen molar-refractivity contribution >= 4 is 0 Å². The van der Waals surface area contributed by atoms with Crippen LogP contribution in [0.2, 0.25) is 0 Å². The summed E-state index contributed by atoms with van der Waals surface area (Å²) >= 11 is 0. The minimum Gasteiger partial charge on any atom is -0.330 e. The molecule has 0 saturated heterocycles. The molecule has 0 bridgehead atoms. The Labute approximate surface area is 114 Å². The lowest BCUT2D eigenvalue weighted by molar-refractivity contribution is 0.589. The highest BCUT2D eigenvalue weighted by Crippen LogP contribution is 2.25. The summed E-state index contributed by atoms with van der Waals surface area (Å²) in [5.74, 6) is 0.0169. The number of halogens is 1. The van der Waals surface area contributed by atoms with E-state index in [1.165, 1.54) is 22.8 Å². The fraction of sp³-hybridized carbons (Fsp3) is 0.294. The zero-order chi connectivity index (χ0) is 13.8. The minimum atomic E-state index is -0.147. The lowest BCUT2D eigenvalue weighted by Crippen LogP contribution is -2.16. The number of hydrogen-bond acceptors (Lipinski definition) is 1. The Morgan fingerprint density at radius 2 is 1.84 bits per heavy atom. The molecular formula is C17H20FN. The lowest BCUT2D eigenvalue weighted by Gasteiger charge is -2.18. The van der Waals surface area contributed by atoms with Crippen LogP contribution in [-0.4, -0.2) is 6.54 Å². The van der Waals surface area contributed by atoms with Crippen LogP contribution in [0.3, 0.4) is 0 Å². The van der Waals surface area contributed by atoms with Crippen LogP contribution in [0.25, 0.3) is 0 Å². The van der Waals surface area contributed by atoms with Crippen molar-refractivity contribution in [2.75, 3.05) is 6.54 Å². The van der Waals surface area contributed by atoms with Gasteiger partial charge in [0.25, 0.3) is 0 Å². The molecule has 2 aromatic carbocycles. The molecule has 0 spiro atoms. The first kappa shape index (κ1) is 13.8. The molecule has 19 heavy (non-hydrogen) atoms. The van der Waals surface area contributed by atoms with E-state index in [1.54, 1.807) is 6.07 Å². The van der Waals surface area contributed by atoms with Gasteiger partial charge in [0.15, 0.2) is 0 Å². The van der Waals surface area contributed by atoms with Crippen LogP contribution in [0.5, 0.6) is 0 Å². The quantitative estimate of drug-likeness (QED) is 0.887. The first-order valence-electron chi connectivity index (χ1n) is 6.62. The van der Waals surface area contributed by atoms with E-state index in [1.807, 2.05) is 12.1 Å². The second-order valence-corrected chi connectivity index (χ2v) is 5.09. The third-order valence-corrected chi connectivity index (χ3v) is 3.57. The van der Waals surface area contributed by atoms with Crippen molar-refractivity contribution in [2.24, 2.45) is 5.73 Å². The molecule has 0 radical (unpaired) electrons. The molecule has 2 heteroatoms. The average Bonchev–Trinajstić information content (AvgIpc) is 2.39. The number of nitrogens with two attached hydrogens (primary N) is 1. The summed E-state index contributed by atoms with van der Waals surface area (Å²) in [5.41, 5.74) is 10.3. The van der Waals surface area contributed by atoms with Gasteiger partial charge in [-0.2, -0.15) is 0 Å². The zero-order valence-corrected chi connectivity index (χ0v) is 11.5. The summed E-state index contributed by atoms with van der Waals surface area (Å²) in [6.45, 7) is 4.69. The standard InChI is InChI=1S/C17H20FN/c1-12-7-8-16(13(2)9-12)15(11-19)10-14-5-3-4-6-17(14)18/h3-9,15H,10-11,19H2,1-2H3. The van der Waals surface area contributed by atoms with E-state index >= 15 is 0 Å². The van der Waals surface area contributed by atoms with Crippen LogP contribution in [0, 0.1) is 19.7 Å². The normalized spacial score (nSPS) is 12.4. The average molecular weight is 257 g/mol. The second kappa shape index (κ2) is 5.98. The van der Waals surface area contributed by atoms with E-state index in [9.17, 15) is 4.39 Å². The first-order chi connectivity index (χ1) is 9.11. The van der Waals surface area contributed by atoms with Gasteiger partial charge in [0.1, 0.15) is 5.82 Å². The van der Waals surface area contributed by atoms with Crippen molar-refractivity contribution in [1.82, 2.24) is 0 Å². The molecule has 1 nitrogen and oxygen atoms in total. The summed E-state index contributed by atoms with van der Waals surface area (Å²) in [6, 6.07) is 13.3. The molecule has 100 valence electrons. The summed E-state index contributed by atoms with van der Waals surface area (Å²) in [7, 11) is 0. The van der Waals surface area contributed by atoms with Crippen LogP contribution >= 0.6 is 0 Å². The molecule has 1 unspecified atom stereocenters. The summed E-state index contributed by atoms with van der Waals surface area (Å²) in [4.78, 5) is 0. The van der Waals surface area contributed by atoms with Crippen molar-refractivity contribution < 1.29 is 4.39 Å². The maximum atomic E-state index is 13.7. The van der Waals surface area contributed by atoms with Gasteiger partial charge in [0.2, 0.25) is 0 Å². The van der Waals surface area contributed by atoms with Crippen LogP contribution in [0.4, 0.5) is 4.39 Å². The molecule has 0 aliphatic rings. The maximum Gasteiger partial charge on any atom is 0.126 e. The van der Waals surface area contributed by atoms with Gasteiger partial charge in [-0.15, -0.1) is 0 Å². The van der Waals surface area contributed by atoms with Gasteiger partial charge >= 0.3 is 0 Å². The molecule has 2 N–H and O–H groups in total. The molecule has 1 atom stereocenters. The Kier molecular flexibility index (Phi) is 4.33. The fourth-order valence-corrected chi connectivity index (χ4v) is 2.53. The van der Waals surface area contributed by atoms with Gasteiger partial charge < -0.3 is 5.73 Å². The van der Waals surface area contributed by atoms with Gasteiger partial charge in [0, 0.05) is 5.92 Å². The number of benzene rings is 2. The Hall–Kier alpha value is -1.67. The third kappa shape index (κ3) is 3.21. The molecule has 0 amide bonds. The predicted octanol–water partition coefficient (Wildman–Crippen LogP) is 3.73. The van der Waals surface area contributed by atoms with E-state index in [0.717, 1.165) is 5.56 Å². The largest absolute Gasteiger partial charge is 0.330 e. The molecule has 0 aliphatic heterocycles. The van der Waals surface area contributed by atoms with Gasteiger partial charge in [-0.1, -0.05) is 42.0 Å². The molecular weight excluding hydrogens is 237 g/mol. The van der Waals surface area contributed by atoms with E-state index in [2.05, 4.69) is 32.0 Å². The lowest BCUT2D eigenvalue weighted by atomic mass is 9.88. The molecule has 2 rings (SSSR count). The van der Waals surface area contributed by atoms with Gasteiger partial charge in [0.05, 0.1) is 0 Å². The number of hydrogen-bond donors (Lipinski definition) is 1. The highest BCUT2D eigenvalue weighted by atomic mass is 19.1. The summed E-state index contributed by atoms with van der Waals surface area (Å²) in [6.07, 6.45) is 0.646. The van der Waals surface area contributed by atoms with Crippen LogP contribution < -0.4 is 5.73 Å². The van der Waals surface area contributed by atoms with Gasteiger partial charge in [-0.25, -0.2) is 4.39 Å². The van der Waals surface area contributed by atoms with Gasteiger partial charge in [-0.3, -0.25) is 0 Å². The van der Waals surface area contributed by atoms with Gasteiger partial charge in [-0.05, 0) is 49.6 Å². The molecule has 0 saturated carbocycles. The zero-order valence-electron chi connectivity index (χ0n) is 11.5. The van der Waals surface area contributed by atoms with Crippen molar-refractivity contribution in [3.8, 4) is 0 Å². The van der Waals surface area contributed by atoms with Crippen molar-refractivity contribution in [3.05, 3.63) is 70.5 Å². The smallest absolute Gasteiger partial charge is 0.126 e. The monoisotopic (exact) mass is 257 g/mol. The van der Waals surface area contributed by atoms with E-state index in [4.69, 9.17) is 5.73 Å². The third-order valence-electron chi connectivity index (χ3n) is 3.57. The number of aryl methyl sites for hydroxylation is 2. The number of rotatable bonds is 4. The minimum absolute atomic E-state index is 0.147. The Morgan fingerprint density at radius 3 is 2.47 bits per heavy atom. The van der Waals surface area contributed by atoms with Crippen LogP contribution in [0.15, 0.2) is 42.5 Å².